The van der Waals surface area contributed by atoms with Crippen LogP contribution in [0.15, 0.2) is 34.6 Å². The number of nitrogens with zero attached hydrogens (tertiary/aromatic N) is 4. The van der Waals surface area contributed by atoms with Crippen molar-refractivity contribution in [3.63, 3.8) is 0 Å². The molecule has 168 valence electrons. The Morgan fingerprint density at radius 3 is 2.87 bits per heavy atom. The number of carbonyl (C=O) groups is 1. The molecule has 7 N–H and O–H groups in total. The molecule has 31 heavy (non-hydrogen) atoms. The molecule has 0 aliphatic carbocycles. The number of halogens is 3. The monoisotopic (exact) mass is 473 g/mol. The largest absolute Gasteiger partial charge is 0.403 e. The first-order valence-corrected chi connectivity index (χ1v) is 10.5. The van der Waals surface area contributed by atoms with E-state index in [2.05, 4.69) is 26.9 Å². The van der Waals surface area contributed by atoms with Gasteiger partial charge in [0.05, 0.1) is 12.2 Å². The fourth-order valence-corrected chi connectivity index (χ4v) is 4.39. The molecule has 9 nitrogen and oxygen atoms in total. The first kappa shape index (κ1) is 24.5. The van der Waals surface area contributed by atoms with Gasteiger partial charge in [-0.15, -0.1) is 11.8 Å². The molecule has 1 fully saturated rings. The Kier molecular flexibility index (Phi) is 9.19. The van der Waals surface area contributed by atoms with Gasteiger partial charge in [-0.1, -0.05) is 6.58 Å². The number of carbonyl (C=O) groups excluding carboxylic acids is 1. The maximum atomic E-state index is 12.3. The number of hydrogen-bond acceptors (Lipinski definition) is 8. The molecule has 0 spiro atoms. The molecule has 1 aromatic heterocycles. The molecular formula is C18H24ClF2N8OS+. The number of amides is 1. The van der Waals surface area contributed by atoms with E-state index in [0.29, 0.717) is 18.1 Å². The highest BCUT2D eigenvalue weighted by Gasteiger charge is 2.27. The van der Waals surface area contributed by atoms with E-state index in [1.807, 2.05) is 0 Å². The number of piperidine rings is 1. The molecule has 13 heteroatoms. The maximum Gasteiger partial charge on any atom is 0.280 e. The Bertz CT molecular complexity index is 896. The van der Waals surface area contributed by atoms with Gasteiger partial charge in [0.25, 0.3) is 11.6 Å². The zero-order valence-electron chi connectivity index (χ0n) is 16.6. The number of anilines is 2. The highest BCUT2D eigenvalue weighted by Crippen LogP contribution is 2.33. The molecule has 1 aliphatic heterocycles. The Labute approximate surface area is 187 Å². The zero-order valence-corrected chi connectivity index (χ0v) is 18.2. The van der Waals surface area contributed by atoms with Gasteiger partial charge < -0.3 is 21.7 Å². The molecule has 1 saturated heterocycles. The number of aromatic nitrogens is 2. The third-order valence-corrected chi connectivity index (χ3v) is 5.62. The predicted molar refractivity (Wildman–Crippen MR) is 119 cm³/mol. The van der Waals surface area contributed by atoms with Crippen molar-refractivity contribution in [2.75, 3.05) is 30.7 Å². The highest BCUT2D eigenvalue weighted by atomic mass is 35.5. The quantitative estimate of drug-likeness (QED) is 0.233. The fourth-order valence-electron chi connectivity index (χ4n) is 2.82. The van der Waals surface area contributed by atoms with Crippen molar-refractivity contribution in [3.05, 3.63) is 30.1 Å². The van der Waals surface area contributed by atoms with Gasteiger partial charge in [-0.3, -0.25) is 9.79 Å². The fraction of sp³-hybridized carbons (Fsp3) is 0.389. The van der Waals surface area contributed by atoms with E-state index in [9.17, 15) is 13.6 Å². The van der Waals surface area contributed by atoms with Crippen molar-refractivity contribution in [1.82, 2.24) is 14.9 Å². The number of likely N-dealkylation sites (tertiary alicyclic amines) is 1. The topological polar surface area (TPSA) is 148 Å². The van der Waals surface area contributed by atoms with Crippen LogP contribution < -0.4 is 22.2 Å². The molecule has 2 heterocycles. The van der Waals surface area contributed by atoms with Gasteiger partial charge in [-0.25, -0.2) is 19.2 Å². The second-order valence-corrected chi connectivity index (χ2v) is 8.16. The van der Waals surface area contributed by atoms with Crippen LogP contribution >= 0.6 is 23.4 Å². The van der Waals surface area contributed by atoms with E-state index in [4.69, 9.17) is 28.5 Å². The summed E-state index contributed by atoms with van der Waals surface area (Å²) < 4.78 is 24.6. The Balaban J connectivity index is 2.26. The van der Waals surface area contributed by atoms with E-state index in [-0.39, 0.29) is 39.4 Å². The standard InChI is InChI=1S/C18H23ClF2N8OS/c1-2-13(30)29-5-3-4-11(9-29)31-17-14(15(19)23)16(24)27-18(28-17)26-10(6-22)7-25-8-12(20)21/h2,6-7,11-12,23H,1,3-5,8-9,22H2,(H3,24,26,27,28)/p+1. The average Bonchev–Trinajstić information content (AvgIpc) is 2.71. The minimum atomic E-state index is -2.57. The van der Waals surface area contributed by atoms with Crippen LogP contribution in [0.4, 0.5) is 20.5 Å². The van der Waals surface area contributed by atoms with E-state index < -0.39 is 13.0 Å². The Hall–Kier alpha value is -2.73. The lowest BCUT2D eigenvalue weighted by Crippen LogP contribution is -2.40. The lowest BCUT2D eigenvalue weighted by atomic mass is 10.1. The van der Waals surface area contributed by atoms with Crippen molar-refractivity contribution in [2.45, 2.75) is 29.5 Å². The molecule has 1 aromatic rings. The summed E-state index contributed by atoms with van der Waals surface area (Å²) in [7, 11) is 0. The molecule has 2 rings (SSSR count). The number of aliphatic imine (C=N–C) groups is 1. The third-order valence-electron chi connectivity index (χ3n) is 4.19. The maximum absolute atomic E-state index is 12.3. The lowest BCUT2D eigenvalue weighted by Gasteiger charge is -2.31. The van der Waals surface area contributed by atoms with Crippen LogP contribution in [0.1, 0.15) is 18.4 Å². The van der Waals surface area contributed by atoms with Crippen LogP contribution in [-0.4, -0.2) is 63.5 Å². The summed E-state index contributed by atoms with van der Waals surface area (Å²) in [5.74, 6) is -0.0424. The van der Waals surface area contributed by atoms with E-state index in [1.165, 1.54) is 17.8 Å². The summed E-state index contributed by atoms with van der Waals surface area (Å²) in [6, 6.07) is 0. The zero-order chi connectivity index (χ0) is 23.0. The van der Waals surface area contributed by atoms with Crippen LogP contribution in [-0.2, 0) is 4.79 Å². The summed E-state index contributed by atoms with van der Waals surface area (Å²) in [6.07, 6.45) is 2.65. The van der Waals surface area contributed by atoms with Gasteiger partial charge in [0.2, 0.25) is 11.9 Å². The average molecular weight is 474 g/mol. The van der Waals surface area contributed by atoms with Crippen LogP contribution in [0.2, 0.25) is 0 Å². The number of thioether (sulfide) groups is 1. The van der Waals surface area contributed by atoms with E-state index in [1.54, 1.807) is 4.90 Å². The first-order chi connectivity index (χ1) is 14.7. The predicted octanol–water partition coefficient (Wildman–Crippen LogP) is 0.620. The van der Waals surface area contributed by atoms with E-state index in [0.717, 1.165) is 25.3 Å². The van der Waals surface area contributed by atoms with Gasteiger partial charge >= 0.3 is 0 Å². The smallest absolute Gasteiger partial charge is 0.280 e. The van der Waals surface area contributed by atoms with E-state index >= 15 is 0 Å². The summed E-state index contributed by atoms with van der Waals surface area (Å²) in [5.41, 5.74) is 12.0. The summed E-state index contributed by atoms with van der Waals surface area (Å²) >= 11 is 7.38. The third kappa shape index (κ3) is 7.17. The van der Waals surface area contributed by atoms with Gasteiger partial charge in [-0.2, -0.15) is 4.98 Å². The molecule has 1 amide bonds. The number of nitrogens with one attached hydrogen (secondary N) is 1. The van der Waals surface area contributed by atoms with Gasteiger partial charge in [0, 0.05) is 30.8 Å². The second-order valence-electron chi connectivity index (χ2n) is 6.46. The molecule has 1 atom stereocenters. The van der Waals surface area contributed by atoms with Gasteiger partial charge in [0.15, 0.2) is 0 Å². The summed E-state index contributed by atoms with van der Waals surface area (Å²) in [5, 5.41) is 8.92. The van der Waals surface area contributed by atoms with Gasteiger partial charge in [0.1, 0.15) is 16.4 Å². The molecular weight excluding hydrogens is 450 g/mol. The Morgan fingerprint density at radius 2 is 2.26 bits per heavy atom. The van der Waals surface area contributed by atoms with Gasteiger partial charge in [-0.05, 0) is 30.5 Å². The summed E-state index contributed by atoms with van der Waals surface area (Å²) in [6.45, 7) is 4.01. The van der Waals surface area contributed by atoms with Crippen LogP contribution in [0, 0.1) is 0 Å². The minimum absolute atomic E-state index is 0.0201. The number of alkyl halides is 2. The van der Waals surface area contributed by atoms with Crippen LogP contribution in [0.5, 0.6) is 0 Å². The van der Waals surface area contributed by atoms with Crippen LogP contribution in [0.25, 0.3) is 0 Å². The number of rotatable bonds is 9. The molecule has 1 aliphatic rings. The van der Waals surface area contributed by atoms with Crippen molar-refractivity contribution >= 4 is 52.4 Å². The van der Waals surface area contributed by atoms with Crippen molar-refractivity contribution in [3.8, 4) is 0 Å². The summed E-state index contributed by atoms with van der Waals surface area (Å²) in [4.78, 5) is 25.8. The SMILES string of the molecule is C=CC(=O)N1CCCC(Sc2nc(NC(C=NCC(F)F)=CN)nc(N)c2C(=[NH2+])Cl)C1. The highest BCUT2D eigenvalue weighted by molar-refractivity contribution is 8.00. The number of nitrogens with two attached hydrogens (primary N) is 3. The van der Waals surface area contributed by atoms with Crippen LogP contribution in [0.3, 0.4) is 0 Å². The second kappa shape index (κ2) is 11.6. The van der Waals surface area contributed by atoms with Crippen molar-refractivity contribution < 1.29 is 19.0 Å². The minimum Gasteiger partial charge on any atom is -0.403 e. The molecule has 0 aromatic carbocycles. The molecule has 0 radical (unpaired) electrons. The lowest BCUT2D eigenvalue weighted by molar-refractivity contribution is -0.126. The van der Waals surface area contributed by atoms with Crippen molar-refractivity contribution in [2.24, 2.45) is 10.7 Å². The molecule has 0 bridgehead atoms. The van der Waals surface area contributed by atoms with Crippen molar-refractivity contribution in [1.29, 1.82) is 0 Å². The molecule has 1 unspecified atom stereocenters. The first-order valence-electron chi connectivity index (χ1n) is 9.25. The Morgan fingerprint density at radius 1 is 1.52 bits per heavy atom. The number of allylic oxidation sites excluding steroid dienone is 1. The number of nitrogen functional groups attached to an aromatic ring is 1. The number of hydrogen-bond donors (Lipinski definition) is 4. The molecule has 0 saturated carbocycles. The normalized spacial score (nSPS) is 17.2.